The summed E-state index contributed by atoms with van der Waals surface area (Å²) in [4.78, 5) is 17.1. The molecule has 8 heteroatoms. The predicted molar refractivity (Wildman–Crippen MR) is 129 cm³/mol. The number of nitrogens with two attached hydrogens (primary N) is 1. The van der Waals surface area contributed by atoms with Crippen molar-refractivity contribution in [1.82, 2.24) is 5.01 Å². The van der Waals surface area contributed by atoms with E-state index in [0.717, 1.165) is 27.4 Å². The second-order valence-electron chi connectivity index (χ2n) is 7.28. The minimum Gasteiger partial charge on any atom is -0.496 e. The van der Waals surface area contributed by atoms with Crippen molar-refractivity contribution in [3.8, 4) is 11.5 Å². The smallest absolute Gasteiger partial charge is 0.335 e. The second-order valence-corrected chi connectivity index (χ2v) is 7.28. The Labute approximate surface area is 193 Å². The van der Waals surface area contributed by atoms with Crippen LogP contribution in [0.1, 0.15) is 22.3 Å². The van der Waals surface area contributed by atoms with E-state index in [9.17, 15) is 4.79 Å². The fraction of sp³-hybridized carbons (Fsp3) is 0.200. The van der Waals surface area contributed by atoms with Crippen molar-refractivity contribution in [2.75, 3.05) is 26.6 Å². The summed E-state index contributed by atoms with van der Waals surface area (Å²) in [7, 11) is 4.56. The van der Waals surface area contributed by atoms with Gasteiger partial charge in [-0.25, -0.2) is 10.6 Å². The maximum atomic E-state index is 12.1. The van der Waals surface area contributed by atoms with Crippen molar-refractivity contribution < 1.29 is 19.1 Å². The van der Waals surface area contributed by atoms with Crippen molar-refractivity contribution in [2.24, 2.45) is 11.0 Å². The van der Waals surface area contributed by atoms with E-state index in [1.54, 1.807) is 19.2 Å². The normalized spacial score (nSPS) is 11.0. The standard InChI is InChI=1S/C25H28N4O4/c1-17-15-19(24(28-32-4)18-9-6-5-7-10-18)13-14-22(17)33-16-20-21(27-25(30)29(2)26)11-8-12-23(20)31-3/h5-15H,16,26H2,1-4H3,(H,27,30). The summed E-state index contributed by atoms with van der Waals surface area (Å²) in [6, 6.07) is 20.6. The molecule has 0 atom stereocenters. The highest BCUT2D eigenvalue weighted by atomic mass is 16.6. The average molecular weight is 449 g/mol. The van der Waals surface area contributed by atoms with Crippen LogP contribution in [0.15, 0.2) is 71.9 Å². The van der Waals surface area contributed by atoms with E-state index in [-0.39, 0.29) is 6.61 Å². The molecule has 0 heterocycles. The maximum Gasteiger partial charge on any atom is 0.335 e. The van der Waals surface area contributed by atoms with Crippen LogP contribution in [0.25, 0.3) is 0 Å². The molecule has 0 bridgehead atoms. The number of anilines is 1. The predicted octanol–water partition coefficient (Wildman–Crippen LogP) is 4.32. The Hall–Kier alpha value is -4.04. The fourth-order valence-corrected chi connectivity index (χ4v) is 3.29. The Morgan fingerprint density at radius 2 is 1.76 bits per heavy atom. The maximum absolute atomic E-state index is 12.1. The Balaban J connectivity index is 1.84. The van der Waals surface area contributed by atoms with E-state index < -0.39 is 6.03 Å². The van der Waals surface area contributed by atoms with E-state index in [4.69, 9.17) is 20.2 Å². The molecule has 3 rings (SSSR count). The number of rotatable bonds is 8. The van der Waals surface area contributed by atoms with Gasteiger partial charge in [0, 0.05) is 18.2 Å². The van der Waals surface area contributed by atoms with Gasteiger partial charge in [-0.3, -0.25) is 5.01 Å². The third kappa shape index (κ3) is 5.81. The minimum absolute atomic E-state index is 0.186. The SMILES string of the molecule is CON=C(c1ccccc1)c1ccc(OCc2c(NC(=O)N(C)N)cccc2OC)c(C)c1. The Bertz CT molecular complexity index is 1130. The third-order valence-electron chi connectivity index (χ3n) is 4.97. The number of oxime groups is 1. The van der Waals surface area contributed by atoms with E-state index in [1.807, 2.05) is 61.5 Å². The summed E-state index contributed by atoms with van der Waals surface area (Å²) in [6.45, 7) is 2.15. The van der Waals surface area contributed by atoms with Crippen molar-refractivity contribution >= 4 is 17.4 Å². The van der Waals surface area contributed by atoms with E-state index in [2.05, 4.69) is 10.5 Å². The summed E-state index contributed by atoms with van der Waals surface area (Å²) in [6.07, 6.45) is 0. The highest BCUT2D eigenvalue weighted by Gasteiger charge is 2.15. The number of urea groups is 1. The van der Waals surface area contributed by atoms with Crippen LogP contribution in [-0.4, -0.2) is 38.0 Å². The van der Waals surface area contributed by atoms with Crippen molar-refractivity contribution in [2.45, 2.75) is 13.5 Å². The Kier molecular flexibility index (Phi) is 7.88. The van der Waals surface area contributed by atoms with E-state index in [1.165, 1.54) is 14.2 Å². The molecule has 172 valence electrons. The first-order chi connectivity index (χ1) is 15.9. The lowest BCUT2D eigenvalue weighted by atomic mass is 10.0. The molecule has 3 aromatic carbocycles. The quantitative estimate of drug-likeness (QED) is 0.231. The van der Waals surface area contributed by atoms with Gasteiger partial charge in [-0.1, -0.05) is 41.6 Å². The number of ether oxygens (including phenoxy) is 2. The highest BCUT2D eigenvalue weighted by molar-refractivity contribution is 6.12. The molecule has 3 aromatic rings. The van der Waals surface area contributed by atoms with Gasteiger partial charge in [-0.2, -0.15) is 0 Å². The monoisotopic (exact) mass is 448 g/mol. The van der Waals surface area contributed by atoms with Gasteiger partial charge in [0.15, 0.2) is 0 Å². The Morgan fingerprint density at radius 1 is 1.00 bits per heavy atom. The molecule has 33 heavy (non-hydrogen) atoms. The van der Waals surface area contributed by atoms with Gasteiger partial charge in [0.05, 0.1) is 18.4 Å². The zero-order valence-corrected chi connectivity index (χ0v) is 19.2. The molecule has 0 saturated carbocycles. The summed E-state index contributed by atoms with van der Waals surface area (Å²) in [5, 5.41) is 7.95. The molecule has 0 saturated heterocycles. The number of hydrogen-bond acceptors (Lipinski definition) is 6. The highest BCUT2D eigenvalue weighted by Crippen LogP contribution is 2.29. The van der Waals surface area contributed by atoms with Gasteiger partial charge >= 0.3 is 6.03 Å². The van der Waals surface area contributed by atoms with Crippen LogP contribution in [0, 0.1) is 6.92 Å². The topological polar surface area (TPSA) is 98.4 Å². The molecule has 2 amide bonds. The summed E-state index contributed by atoms with van der Waals surface area (Å²) >= 11 is 0. The van der Waals surface area contributed by atoms with Gasteiger partial charge in [0.1, 0.15) is 30.9 Å². The first-order valence-electron chi connectivity index (χ1n) is 10.3. The fourth-order valence-electron chi connectivity index (χ4n) is 3.29. The van der Waals surface area contributed by atoms with Crippen molar-refractivity contribution in [1.29, 1.82) is 0 Å². The molecular weight excluding hydrogens is 420 g/mol. The molecule has 0 spiro atoms. The first-order valence-corrected chi connectivity index (χ1v) is 10.3. The second kappa shape index (κ2) is 11.0. The minimum atomic E-state index is -0.448. The van der Waals surface area contributed by atoms with Crippen LogP contribution in [0.3, 0.4) is 0 Å². The number of hydrazine groups is 1. The number of methoxy groups -OCH3 is 1. The number of carbonyl (C=O) groups excluding carboxylic acids is 1. The van der Waals surface area contributed by atoms with Gasteiger partial charge in [-0.05, 0) is 42.8 Å². The van der Waals surface area contributed by atoms with E-state index >= 15 is 0 Å². The van der Waals surface area contributed by atoms with Crippen LogP contribution >= 0.6 is 0 Å². The van der Waals surface area contributed by atoms with Crippen LogP contribution in [0.2, 0.25) is 0 Å². The summed E-state index contributed by atoms with van der Waals surface area (Å²) in [5.74, 6) is 6.83. The lowest BCUT2D eigenvalue weighted by Gasteiger charge is -2.18. The Morgan fingerprint density at radius 3 is 2.39 bits per heavy atom. The largest absolute Gasteiger partial charge is 0.496 e. The zero-order valence-electron chi connectivity index (χ0n) is 19.2. The molecule has 3 N–H and O–H groups in total. The molecule has 0 radical (unpaired) electrons. The van der Waals surface area contributed by atoms with Gasteiger partial charge < -0.3 is 19.6 Å². The number of nitrogens with zero attached hydrogens (tertiary/aromatic N) is 2. The lowest BCUT2D eigenvalue weighted by Crippen LogP contribution is -2.37. The van der Waals surface area contributed by atoms with E-state index in [0.29, 0.717) is 22.7 Å². The number of amides is 2. The molecule has 8 nitrogen and oxygen atoms in total. The molecular formula is C25H28N4O4. The number of benzene rings is 3. The number of carbonyl (C=O) groups is 1. The molecule has 0 unspecified atom stereocenters. The van der Waals surface area contributed by atoms with Gasteiger partial charge in [0.25, 0.3) is 0 Å². The van der Waals surface area contributed by atoms with Gasteiger partial charge in [-0.15, -0.1) is 0 Å². The van der Waals surface area contributed by atoms with Crippen LogP contribution in [0.5, 0.6) is 11.5 Å². The molecule has 0 aromatic heterocycles. The number of nitrogens with one attached hydrogen (secondary N) is 1. The van der Waals surface area contributed by atoms with Crippen LogP contribution in [-0.2, 0) is 11.4 Å². The molecule has 0 aliphatic rings. The molecule has 0 aliphatic heterocycles. The summed E-state index contributed by atoms with van der Waals surface area (Å²) in [5.41, 5.74) is 4.77. The van der Waals surface area contributed by atoms with Crippen molar-refractivity contribution in [3.05, 3.63) is 89.0 Å². The summed E-state index contributed by atoms with van der Waals surface area (Å²) < 4.78 is 11.6. The third-order valence-corrected chi connectivity index (χ3v) is 4.97. The van der Waals surface area contributed by atoms with Gasteiger partial charge in [0.2, 0.25) is 0 Å². The number of hydrogen-bond donors (Lipinski definition) is 2. The zero-order chi connectivity index (χ0) is 23.8. The average Bonchev–Trinajstić information content (AvgIpc) is 2.82. The van der Waals surface area contributed by atoms with Crippen LogP contribution in [0.4, 0.5) is 10.5 Å². The van der Waals surface area contributed by atoms with Crippen molar-refractivity contribution in [3.63, 3.8) is 0 Å². The first kappa shape index (κ1) is 23.6. The number of aryl methyl sites for hydroxylation is 1. The molecule has 0 fully saturated rings. The van der Waals surface area contributed by atoms with Crippen LogP contribution < -0.4 is 20.6 Å². The molecule has 0 aliphatic carbocycles. The lowest BCUT2D eigenvalue weighted by molar-refractivity contribution is 0.214.